The molecule has 4 rings (SSSR count). The molecular weight excluding hydrogens is 355 g/mol. The maximum atomic E-state index is 13.3. The lowest BCUT2D eigenvalue weighted by atomic mass is 9.89. The number of benzene rings is 1. The van der Waals surface area contributed by atoms with Crippen LogP contribution in [0.25, 0.3) is 11.1 Å². The molecule has 1 amide bonds. The number of halogens is 1. The van der Waals surface area contributed by atoms with Crippen LogP contribution in [0.3, 0.4) is 0 Å². The molecule has 26 heavy (non-hydrogen) atoms. The van der Waals surface area contributed by atoms with Crippen LogP contribution in [0.5, 0.6) is 0 Å². The molecule has 0 spiro atoms. The van der Waals surface area contributed by atoms with E-state index in [1.165, 1.54) is 24.3 Å². The molecule has 0 fully saturated rings. The third-order valence-electron chi connectivity index (χ3n) is 4.32. The highest BCUT2D eigenvalue weighted by atomic mass is 32.1. The number of carboxylic acids is 1. The third-order valence-corrected chi connectivity index (χ3v) is 5.61. The van der Waals surface area contributed by atoms with Crippen LogP contribution in [0.2, 0.25) is 0 Å². The maximum Gasteiger partial charge on any atom is 0.346 e. The van der Waals surface area contributed by atoms with Crippen LogP contribution in [0.15, 0.2) is 48.8 Å². The number of pyridine rings is 1. The Kier molecular flexibility index (Phi) is 4.00. The average molecular weight is 368 g/mol. The molecule has 1 aromatic carbocycles. The van der Waals surface area contributed by atoms with Gasteiger partial charge in [-0.15, -0.1) is 11.3 Å². The number of carbonyl (C=O) groups excluding carboxylic acids is 1. The molecule has 0 unspecified atom stereocenters. The second kappa shape index (κ2) is 6.34. The predicted octanol–water partition coefficient (Wildman–Crippen LogP) is 4.12. The molecule has 7 heteroatoms. The zero-order valence-corrected chi connectivity index (χ0v) is 14.2. The fourth-order valence-corrected chi connectivity index (χ4v) is 4.43. The molecule has 3 heterocycles. The van der Waals surface area contributed by atoms with E-state index in [1.807, 2.05) is 6.07 Å². The van der Waals surface area contributed by atoms with Gasteiger partial charge >= 0.3 is 5.97 Å². The Morgan fingerprint density at radius 2 is 2.04 bits per heavy atom. The van der Waals surface area contributed by atoms with Crippen LogP contribution in [0.4, 0.5) is 10.1 Å². The van der Waals surface area contributed by atoms with Crippen LogP contribution < -0.4 is 5.32 Å². The first-order valence-corrected chi connectivity index (χ1v) is 8.72. The largest absolute Gasteiger partial charge is 0.477 e. The van der Waals surface area contributed by atoms with Crippen molar-refractivity contribution in [3.63, 3.8) is 0 Å². The first-order valence-electron chi connectivity index (χ1n) is 7.90. The number of carbonyl (C=O) groups is 2. The lowest BCUT2D eigenvalue weighted by molar-refractivity contribution is -0.116. The van der Waals surface area contributed by atoms with Gasteiger partial charge in [-0.05, 0) is 29.3 Å². The van der Waals surface area contributed by atoms with E-state index in [0.29, 0.717) is 16.8 Å². The van der Waals surface area contributed by atoms with Gasteiger partial charge in [0.05, 0.1) is 5.69 Å². The van der Waals surface area contributed by atoms with Crippen molar-refractivity contribution < 1.29 is 19.1 Å². The normalized spacial score (nSPS) is 16.0. The van der Waals surface area contributed by atoms with Crippen molar-refractivity contribution in [3.05, 3.63) is 69.9 Å². The summed E-state index contributed by atoms with van der Waals surface area (Å²) >= 11 is 1.14. The van der Waals surface area contributed by atoms with E-state index in [0.717, 1.165) is 21.8 Å². The number of fused-ring (bicyclic) bond motifs is 1. The SMILES string of the molecule is O=C1C[C@H](c2cccnc2)c2sc(C(=O)O)c(-c3ccc(F)cc3)c2N1. The second-order valence-electron chi connectivity index (χ2n) is 5.95. The third kappa shape index (κ3) is 2.76. The Morgan fingerprint density at radius 3 is 2.69 bits per heavy atom. The van der Waals surface area contributed by atoms with Crippen molar-refractivity contribution in [1.29, 1.82) is 0 Å². The minimum Gasteiger partial charge on any atom is -0.477 e. The first-order chi connectivity index (χ1) is 12.5. The summed E-state index contributed by atoms with van der Waals surface area (Å²) in [5.41, 5.74) is 2.31. The zero-order valence-electron chi connectivity index (χ0n) is 13.4. The topological polar surface area (TPSA) is 79.3 Å². The fourth-order valence-electron chi connectivity index (χ4n) is 3.18. The summed E-state index contributed by atoms with van der Waals surface area (Å²) in [5.74, 6) is -1.94. The summed E-state index contributed by atoms with van der Waals surface area (Å²) in [7, 11) is 0. The molecule has 0 saturated heterocycles. The lowest BCUT2D eigenvalue weighted by Gasteiger charge is -2.23. The van der Waals surface area contributed by atoms with Crippen LogP contribution >= 0.6 is 11.3 Å². The van der Waals surface area contributed by atoms with Gasteiger partial charge < -0.3 is 10.4 Å². The summed E-state index contributed by atoms with van der Waals surface area (Å²) in [4.78, 5) is 29.1. The number of nitrogens with zero attached hydrogens (tertiary/aromatic N) is 1. The molecule has 2 aromatic heterocycles. The summed E-state index contributed by atoms with van der Waals surface area (Å²) < 4.78 is 13.3. The first kappa shape index (κ1) is 16.4. The van der Waals surface area contributed by atoms with Gasteiger partial charge in [-0.1, -0.05) is 18.2 Å². The lowest BCUT2D eigenvalue weighted by Crippen LogP contribution is -2.22. The van der Waals surface area contributed by atoms with E-state index in [1.54, 1.807) is 18.5 Å². The summed E-state index contributed by atoms with van der Waals surface area (Å²) in [5, 5.41) is 12.5. The van der Waals surface area contributed by atoms with Gasteiger partial charge in [-0.3, -0.25) is 9.78 Å². The zero-order chi connectivity index (χ0) is 18.3. The van der Waals surface area contributed by atoms with Crippen molar-refractivity contribution in [1.82, 2.24) is 4.98 Å². The van der Waals surface area contributed by atoms with Gasteiger partial charge in [0.1, 0.15) is 10.7 Å². The molecule has 0 radical (unpaired) electrons. The molecule has 3 aromatic rings. The molecule has 0 aliphatic carbocycles. The number of rotatable bonds is 3. The molecule has 0 bridgehead atoms. The number of aromatic nitrogens is 1. The van der Waals surface area contributed by atoms with E-state index in [4.69, 9.17) is 0 Å². The number of carboxylic acid groups (broad SMARTS) is 1. The molecule has 1 aliphatic heterocycles. The van der Waals surface area contributed by atoms with Crippen LogP contribution in [0.1, 0.15) is 32.5 Å². The van der Waals surface area contributed by atoms with E-state index >= 15 is 0 Å². The Bertz CT molecular complexity index is 1000. The standard InChI is InChI=1S/C19H13FN2O3S/c20-12-5-3-10(4-6-12)15-16-17(26-18(15)19(24)25)13(8-14(23)22-16)11-2-1-7-21-9-11/h1-7,9,13H,8H2,(H,22,23)(H,24,25)/t13-/m1/s1. The van der Waals surface area contributed by atoms with E-state index in [-0.39, 0.29) is 23.1 Å². The molecule has 1 atom stereocenters. The van der Waals surface area contributed by atoms with E-state index < -0.39 is 11.8 Å². The monoisotopic (exact) mass is 368 g/mol. The van der Waals surface area contributed by atoms with Crippen molar-refractivity contribution in [2.24, 2.45) is 0 Å². The van der Waals surface area contributed by atoms with Gasteiger partial charge in [0.15, 0.2) is 0 Å². The highest BCUT2D eigenvalue weighted by Crippen LogP contribution is 2.49. The number of amides is 1. The average Bonchev–Trinajstić information content (AvgIpc) is 3.02. The van der Waals surface area contributed by atoms with Gasteiger partial charge in [0.2, 0.25) is 5.91 Å². The highest BCUT2D eigenvalue weighted by Gasteiger charge is 2.34. The molecule has 130 valence electrons. The van der Waals surface area contributed by atoms with Crippen molar-refractivity contribution in [2.45, 2.75) is 12.3 Å². The van der Waals surface area contributed by atoms with Crippen LogP contribution in [-0.2, 0) is 4.79 Å². The number of anilines is 1. The smallest absolute Gasteiger partial charge is 0.346 e. The maximum absolute atomic E-state index is 13.3. The Labute approximate surface area is 152 Å². The minimum absolute atomic E-state index is 0.123. The fraction of sp³-hybridized carbons (Fsp3) is 0.105. The minimum atomic E-state index is -1.08. The number of hydrogen-bond acceptors (Lipinski definition) is 4. The molecular formula is C19H13FN2O3S. The van der Waals surface area contributed by atoms with Crippen LogP contribution in [0, 0.1) is 5.82 Å². The number of nitrogens with one attached hydrogen (secondary N) is 1. The van der Waals surface area contributed by atoms with Crippen LogP contribution in [-0.4, -0.2) is 22.0 Å². The van der Waals surface area contributed by atoms with Gasteiger partial charge in [-0.2, -0.15) is 0 Å². The molecule has 0 saturated carbocycles. The van der Waals surface area contributed by atoms with Crippen molar-refractivity contribution in [3.8, 4) is 11.1 Å². The summed E-state index contributed by atoms with van der Waals surface area (Å²) in [6, 6.07) is 9.24. The van der Waals surface area contributed by atoms with Crippen molar-refractivity contribution >= 4 is 28.9 Å². The summed E-state index contributed by atoms with van der Waals surface area (Å²) in [6.07, 6.45) is 3.56. The Morgan fingerprint density at radius 1 is 1.27 bits per heavy atom. The predicted molar refractivity (Wildman–Crippen MR) is 96.0 cm³/mol. The Hall–Kier alpha value is -3.06. The quantitative estimate of drug-likeness (QED) is 0.729. The molecule has 1 aliphatic rings. The van der Waals surface area contributed by atoms with Gasteiger partial charge in [0.25, 0.3) is 0 Å². The highest BCUT2D eigenvalue weighted by molar-refractivity contribution is 7.15. The van der Waals surface area contributed by atoms with Gasteiger partial charge in [0, 0.05) is 35.2 Å². The molecule has 5 nitrogen and oxygen atoms in total. The number of thiophene rings is 1. The van der Waals surface area contributed by atoms with E-state index in [2.05, 4.69) is 10.3 Å². The molecule has 2 N–H and O–H groups in total. The van der Waals surface area contributed by atoms with Gasteiger partial charge in [-0.25, -0.2) is 9.18 Å². The Balaban J connectivity index is 1.94. The number of aromatic carboxylic acids is 1. The second-order valence-corrected chi connectivity index (χ2v) is 7.00. The summed E-state index contributed by atoms with van der Waals surface area (Å²) in [6.45, 7) is 0. The number of hydrogen-bond donors (Lipinski definition) is 2. The van der Waals surface area contributed by atoms with E-state index in [9.17, 15) is 19.1 Å². The van der Waals surface area contributed by atoms with Crippen molar-refractivity contribution in [2.75, 3.05) is 5.32 Å².